The predicted octanol–water partition coefficient (Wildman–Crippen LogP) is 2.43. The van der Waals surface area contributed by atoms with Gasteiger partial charge in [-0.3, -0.25) is 0 Å². The fraction of sp³-hybridized carbons (Fsp3) is 0.769. The van der Waals surface area contributed by atoms with Crippen molar-refractivity contribution in [3.63, 3.8) is 0 Å². The second-order valence-electron chi connectivity index (χ2n) is 4.73. The first kappa shape index (κ1) is 13.8. The van der Waals surface area contributed by atoms with Crippen molar-refractivity contribution in [2.75, 3.05) is 31.6 Å². The minimum Gasteiger partial charge on any atom is -0.376 e. The van der Waals surface area contributed by atoms with E-state index in [-0.39, 0.29) is 0 Å². The molecule has 0 aliphatic carbocycles. The third-order valence-corrected chi connectivity index (χ3v) is 4.71. The normalized spacial score (nSPS) is 21.2. The van der Waals surface area contributed by atoms with E-state index < -0.39 is 0 Å². The molecule has 2 rings (SSSR count). The second kappa shape index (κ2) is 6.50. The average molecular weight is 269 g/mol. The highest BCUT2D eigenvalue weighted by Gasteiger charge is 2.20. The molecule has 18 heavy (non-hydrogen) atoms. The Balaban J connectivity index is 2.00. The number of hydrogen-bond donors (Lipinski definition) is 1. The highest BCUT2D eigenvalue weighted by Crippen LogP contribution is 2.28. The summed E-state index contributed by atoms with van der Waals surface area (Å²) in [6, 6.07) is 0.373. The van der Waals surface area contributed by atoms with Crippen molar-refractivity contribution in [1.82, 2.24) is 10.3 Å². The summed E-state index contributed by atoms with van der Waals surface area (Å²) < 4.78 is 5.71. The van der Waals surface area contributed by atoms with E-state index in [1.807, 2.05) is 13.2 Å². The summed E-state index contributed by atoms with van der Waals surface area (Å²) in [5, 5.41) is 4.37. The molecule has 0 bridgehead atoms. The number of aromatic nitrogens is 1. The summed E-state index contributed by atoms with van der Waals surface area (Å²) >= 11 is 1.78. The highest BCUT2D eigenvalue weighted by molar-refractivity contribution is 7.15. The monoisotopic (exact) mass is 269 g/mol. The lowest BCUT2D eigenvalue weighted by Gasteiger charge is -2.23. The Morgan fingerprint density at radius 3 is 3.11 bits per heavy atom. The number of likely N-dealkylation sites (N-methyl/N-ethyl adjacent to an activating group) is 1. The van der Waals surface area contributed by atoms with E-state index in [9.17, 15) is 0 Å². The van der Waals surface area contributed by atoms with Crippen LogP contribution in [0.25, 0.3) is 0 Å². The topological polar surface area (TPSA) is 37.4 Å². The minimum absolute atomic E-state index is 0.373. The third-order valence-electron chi connectivity index (χ3n) is 3.47. The van der Waals surface area contributed by atoms with Gasteiger partial charge in [0, 0.05) is 36.8 Å². The number of hydrogen-bond acceptors (Lipinski definition) is 5. The smallest absolute Gasteiger partial charge is 0.185 e. The maximum atomic E-state index is 5.71. The van der Waals surface area contributed by atoms with Gasteiger partial charge in [-0.15, -0.1) is 11.3 Å². The van der Waals surface area contributed by atoms with Gasteiger partial charge in [0.05, 0.1) is 6.10 Å². The van der Waals surface area contributed by atoms with Gasteiger partial charge >= 0.3 is 0 Å². The van der Waals surface area contributed by atoms with Crippen molar-refractivity contribution in [2.45, 2.75) is 38.8 Å². The van der Waals surface area contributed by atoms with Crippen LogP contribution < -0.4 is 10.2 Å². The SMILES string of the molecule is CCN(CC1CCCO1)c1ncc(C(C)NC)s1. The van der Waals surface area contributed by atoms with E-state index in [2.05, 4.69) is 29.0 Å². The molecule has 0 spiro atoms. The molecule has 1 saturated heterocycles. The summed E-state index contributed by atoms with van der Waals surface area (Å²) in [7, 11) is 1.98. The van der Waals surface area contributed by atoms with Gasteiger partial charge in [0.2, 0.25) is 0 Å². The molecule has 0 aromatic carbocycles. The summed E-state index contributed by atoms with van der Waals surface area (Å²) in [4.78, 5) is 8.16. The van der Waals surface area contributed by atoms with E-state index in [0.717, 1.165) is 24.8 Å². The van der Waals surface area contributed by atoms with Crippen molar-refractivity contribution in [2.24, 2.45) is 0 Å². The van der Waals surface area contributed by atoms with Crippen LogP contribution in [0.2, 0.25) is 0 Å². The average Bonchev–Trinajstić information content (AvgIpc) is 3.05. The Hall–Kier alpha value is -0.650. The van der Waals surface area contributed by atoms with Gasteiger partial charge in [-0.05, 0) is 33.7 Å². The Morgan fingerprint density at radius 2 is 2.50 bits per heavy atom. The zero-order valence-corrected chi connectivity index (χ0v) is 12.3. The van der Waals surface area contributed by atoms with Gasteiger partial charge in [0.25, 0.3) is 0 Å². The molecule has 1 aromatic rings. The molecule has 1 aliphatic rings. The number of thiazole rings is 1. The molecule has 5 heteroatoms. The van der Waals surface area contributed by atoms with Crippen molar-refractivity contribution in [1.29, 1.82) is 0 Å². The molecule has 1 aliphatic heterocycles. The van der Waals surface area contributed by atoms with Gasteiger partial charge in [0.15, 0.2) is 5.13 Å². The van der Waals surface area contributed by atoms with Crippen LogP contribution in [0.3, 0.4) is 0 Å². The first-order valence-electron chi connectivity index (χ1n) is 6.74. The molecule has 2 unspecified atom stereocenters. The largest absolute Gasteiger partial charge is 0.376 e. The quantitative estimate of drug-likeness (QED) is 0.860. The van der Waals surface area contributed by atoms with Crippen LogP contribution in [-0.2, 0) is 4.74 Å². The lowest BCUT2D eigenvalue weighted by Crippen LogP contribution is -2.31. The summed E-state index contributed by atoms with van der Waals surface area (Å²) in [6.07, 6.45) is 4.75. The van der Waals surface area contributed by atoms with Crippen LogP contribution in [0.4, 0.5) is 5.13 Å². The lowest BCUT2D eigenvalue weighted by molar-refractivity contribution is 0.115. The van der Waals surface area contributed by atoms with Gasteiger partial charge in [-0.2, -0.15) is 0 Å². The molecule has 4 nitrogen and oxygen atoms in total. The zero-order chi connectivity index (χ0) is 13.0. The molecule has 1 N–H and O–H groups in total. The van der Waals surface area contributed by atoms with Crippen LogP contribution in [0, 0.1) is 0 Å². The minimum atomic E-state index is 0.373. The van der Waals surface area contributed by atoms with Crippen molar-refractivity contribution in [3.8, 4) is 0 Å². The lowest BCUT2D eigenvalue weighted by atomic mass is 10.2. The molecular formula is C13H23N3OS. The Bertz CT molecular complexity index is 363. The first-order valence-corrected chi connectivity index (χ1v) is 7.55. The predicted molar refractivity (Wildman–Crippen MR) is 76.4 cm³/mol. The van der Waals surface area contributed by atoms with E-state index in [1.54, 1.807) is 11.3 Å². The fourth-order valence-electron chi connectivity index (χ4n) is 2.14. The Kier molecular flexibility index (Phi) is 4.97. The van der Waals surface area contributed by atoms with Gasteiger partial charge in [-0.1, -0.05) is 0 Å². The Morgan fingerprint density at radius 1 is 1.67 bits per heavy atom. The van der Waals surface area contributed by atoms with E-state index in [0.29, 0.717) is 12.1 Å². The highest BCUT2D eigenvalue weighted by atomic mass is 32.1. The van der Waals surface area contributed by atoms with Crippen LogP contribution in [0.15, 0.2) is 6.20 Å². The number of anilines is 1. The summed E-state index contributed by atoms with van der Waals surface area (Å²) in [5.74, 6) is 0. The third kappa shape index (κ3) is 3.22. The van der Waals surface area contributed by atoms with Crippen molar-refractivity contribution in [3.05, 3.63) is 11.1 Å². The van der Waals surface area contributed by atoms with Gasteiger partial charge in [-0.25, -0.2) is 4.98 Å². The standard InChI is InChI=1S/C13H23N3OS/c1-4-16(9-11-6-5-7-17-11)13-15-8-12(18-13)10(2)14-3/h8,10-11,14H,4-7,9H2,1-3H3. The zero-order valence-electron chi connectivity index (χ0n) is 11.5. The van der Waals surface area contributed by atoms with E-state index in [1.165, 1.54) is 17.7 Å². The maximum Gasteiger partial charge on any atom is 0.185 e. The number of ether oxygens (including phenoxy) is 1. The van der Waals surface area contributed by atoms with Crippen LogP contribution in [0.5, 0.6) is 0 Å². The molecule has 0 saturated carbocycles. The first-order chi connectivity index (χ1) is 8.74. The number of nitrogens with zero attached hydrogens (tertiary/aromatic N) is 2. The second-order valence-corrected chi connectivity index (χ2v) is 5.77. The molecule has 2 atom stereocenters. The molecule has 2 heterocycles. The molecule has 102 valence electrons. The molecule has 0 radical (unpaired) electrons. The van der Waals surface area contributed by atoms with Crippen LogP contribution in [-0.4, -0.2) is 37.8 Å². The van der Waals surface area contributed by atoms with Gasteiger partial charge < -0.3 is 15.0 Å². The number of rotatable bonds is 6. The van der Waals surface area contributed by atoms with Crippen LogP contribution >= 0.6 is 11.3 Å². The molecule has 1 aromatic heterocycles. The van der Waals surface area contributed by atoms with Crippen molar-refractivity contribution >= 4 is 16.5 Å². The fourth-order valence-corrected chi connectivity index (χ4v) is 3.19. The van der Waals surface area contributed by atoms with Gasteiger partial charge in [0.1, 0.15) is 0 Å². The summed E-state index contributed by atoms with van der Waals surface area (Å²) in [6.45, 7) is 7.21. The maximum absolute atomic E-state index is 5.71. The van der Waals surface area contributed by atoms with Crippen LogP contribution in [0.1, 0.15) is 37.6 Å². The Labute approximate surface area is 113 Å². The molecule has 1 fully saturated rings. The van der Waals surface area contributed by atoms with E-state index >= 15 is 0 Å². The molecule has 0 amide bonds. The van der Waals surface area contributed by atoms with E-state index in [4.69, 9.17) is 4.74 Å². The summed E-state index contributed by atoms with van der Waals surface area (Å²) in [5.41, 5.74) is 0. The molecular weight excluding hydrogens is 246 g/mol. The van der Waals surface area contributed by atoms with Crippen molar-refractivity contribution < 1.29 is 4.74 Å². The number of nitrogens with one attached hydrogen (secondary N) is 1.